The maximum atomic E-state index is 13.0. The Labute approximate surface area is 116 Å². The lowest BCUT2D eigenvalue weighted by atomic mass is 10.1. The molecule has 0 saturated carbocycles. The second kappa shape index (κ2) is 7.00. The number of rotatable bonds is 6. The smallest absolute Gasteiger partial charge is 0.323 e. The van der Waals surface area contributed by atoms with E-state index in [4.69, 9.17) is 5.11 Å². The van der Waals surface area contributed by atoms with Crippen LogP contribution in [0.25, 0.3) is 0 Å². The predicted octanol–water partition coefficient (Wildman–Crippen LogP) is 1.57. The van der Waals surface area contributed by atoms with Gasteiger partial charge in [0.1, 0.15) is 12.4 Å². The highest BCUT2D eigenvalue weighted by Crippen LogP contribution is 2.19. The molecule has 1 amide bonds. The first-order valence-corrected chi connectivity index (χ1v) is 6.26. The lowest BCUT2D eigenvalue weighted by Gasteiger charge is -2.26. The molecule has 0 heterocycles. The lowest BCUT2D eigenvalue weighted by Crippen LogP contribution is -2.41. The molecule has 0 aromatic heterocycles. The van der Waals surface area contributed by atoms with Crippen LogP contribution in [-0.2, 0) is 9.59 Å². The van der Waals surface area contributed by atoms with Crippen LogP contribution < -0.4 is 0 Å². The second-order valence-corrected chi connectivity index (χ2v) is 4.78. The van der Waals surface area contributed by atoms with Gasteiger partial charge in [0.25, 0.3) is 0 Å². The average Bonchev–Trinajstić information content (AvgIpc) is 2.35. The number of amides is 1. The Morgan fingerprint density at radius 1 is 1.35 bits per heavy atom. The monoisotopic (exact) mass is 283 g/mol. The molecule has 20 heavy (non-hydrogen) atoms. The van der Waals surface area contributed by atoms with E-state index in [0.29, 0.717) is 0 Å². The Hall–Kier alpha value is -1.95. The molecule has 0 saturated heterocycles. The van der Waals surface area contributed by atoms with Crippen molar-refractivity contribution in [1.82, 2.24) is 4.90 Å². The summed E-state index contributed by atoms with van der Waals surface area (Å²) in [6, 6.07) is 5.05. The standard InChI is InChI=1S/C14H18FNO4/c1-9(2)16(8-14(19)20)13(18)7-12(17)10-4-3-5-11(15)6-10/h3-6,9,12,17H,7-8H2,1-2H3,(H,19,20). The fourth-order valence-electron chi connectivity index (χ4n) is 1.82. The van der Waals surface area contributed by atoms with Crippen LogP contribution in [0.1, 0.15) is 31.9 Å². The molecular formula is C14H18FNO4. The highest BCUT2D eigenvalue weighted by Gasteiger charge is 2.23. The van der Waals surface area contributed by atoms with Crippen LogP contribution >= 0.6 is 0 Å². The zero-order valence-corrected chi connectivity index (χ0v) is 11.4. The number of carbonyl (C=O) groups is 2. The summed E-state index contributed by atoms with van der Waals surface area (Å²) >= 11 is 0. The van der Waals surface area contributed by atoms with Crippen LogP contribution in [0.2, 0.25) is 0 Å². The van der Waals surface area contributed by atoms with Crippen LogP contribution in [0.3, 0.4) is 0 Å². The Morgan fingerprint density at radius 2 is 2.00 bits per heavy atom. The third kappa shape index (κ3) is 4.62. The van der Waals surface area contributed by atoms with Crippen LogP contribution in [0.5, 0.6) is 0 Å². The quantitative estimate of drug-likeness (QED) is 0.830. The number of nitrogens with zero attached hydrogens (tertiary/aromatic N) is 1. The van der Waals surface area contributed by atoms with Crippen LogP contribution in [0.4, 0.5) is 4.39 Å². The molecule has 2 N–H and O–H groups in total. The van der Waals surface area contributed by atoms with Crippen LogP contribution in [0, 0.1) is 5.82 Å². The summed E-state index contributed by atoms with van der Waals surface area (Å²) in [4.78, 5) is 23.9. The highest BCUT2D eigenvalue weighted by atomic mass is 19.1. The van der Waals surface area contributed by atoms with Gasteiger partial charge < -0.3 is 15.1 Å². The topological polar surface area (TPSA) is 77.8 Å². The zero-order chi connectivity index (χ0) is 15.3. The highest BCUT2D eigenvalue weighted by molar-refractivity contribution is 5.82. The van der Waals surface area contributed by atoms with E-state index in [1.807, 2.05) is 0 Å². The molecule has 0 aliphatic heterocycles. The minimum atomic E-state index is -1.16. The van der Waals surface area contributed by atoms with Gasteiger partial charge in [-0.2, -0.15) is 0 Å². The van der Waals surface area contributed by atoms with E-state index in [9.17, 15) is 19.1 Å². The van der Waals surface area contributed by atoms with Gasteiger partial charge in [-0.1, -0.05) is 12.1 Å². The largest absolute Gasteiger partial charge is 0.480 e. The number of aliphatic hydroxyl groups is 1. The molecular weight excluding hydrogens is 265 g/mol. The molecule has 1 atom stereocenters. The molecule has 110 valence electrons. The molecule has 1 aromatic rings. The van der Waals surface area contributed by atoms with Crippen molar-refractivity contribution in [3.05, 3.63) is 35.6 Å². The van der Waals surface area contributed by atoms with Crippen LogP contribution in [0.15, 0.2) is 24.3 Å². The summed E-state index contributed by atoms with van der Waals surface area (Å²) in [5.41, 5.74) is 0.289. The maximum Gasteiger partial charge on any atom is 0.323 e. The normalized spacial score (nSPS) is 12.2. The number of halogens is 1. The van der Waals surface area contributed by atoms with Gasteiger partial charge in [0.05, 0.1) is 12.5 Å². The Balaban J connectivity index is 2.75. The first kappa shape index (κ1) is 16.1. The lowest BCUT2D eigenvalue weighted by molar-refractivity contribution is -0.146. The van der Waals surface area contributed by atoms with Gasteiger partial charge in [-0.05, 0) is 31.5 Å². The predicted molar refractivity (Wildman–Crippen MR) is 70.5 cm³/mol. The number of carbonyl (C=O) groups excluding carboxylic acids is 1. The van der Waals surface area contributed by atoms with Gasteiger partial charge in [-0.15, -0.1) is 0 Å². The van der Waals surface area contributed by atoms with E-state index >= 15 is 0 Å². The summed E-state index contributed by atoms with van der Waals surface area (Å²) in [5.74, 6) is -2.10. The van der Waals surface area contributed by atoms with Crippen molar-refractivity contribution >= 4 is 11.9 Å². The van der Waals surface area contributed by atoms with Gasteiger partial charge in [0, 0.05) is 6.04 Å². The SMILES string of the molecule is CC(C)N(CC(=O)O)C(=O)CC(O)c1cccc(F)c1. The maximum absolute atomic E-state index is 13.0. The molecule has 6 heteroatoms. The van der Waals surface area contributed by atoms with Crippen molar-refractivity contribution in [3.63, 3.8) is 0 Å². The number of hydrogen-bond donors (Lipinski definition) is 2. The van der Waals surface area contributed by atoms with Crippen molar-refractivity contribution in [3.8, 4) is 0 Å². The Morgan fingerprint density at radius 3 is 2.50 bits per heavy atom. The van der Waals surface area contributed by atoms with Crippen LogP contribution in [-0.4, -0.2) is 39.6 Å². The first-order valence-electron chi connectivity index (χ1n) is 6.26. The number of hydrogen-bond acceptors (Lipinski definition) is 3. The number of aliphatic hydroxyl groups excluding tert-OH is 1. The molecule has 1 rings (SSSR count). The van der Waals surface area contributed by atoms with Crippen molar-refractivity contribution < 1.29 is 24.2 Å². The molecule has 0 aliphatic carbocycles. The third-order valence-electron chi connectivity index (χ3n) is 2.85. The molecule has 0 fully saturated rings. The van der Waals surface area contributed by atoms with E-state index in [1.54, 1.807) is 13.8 Å². The minimum Gasteiger partial charge on any atom is -0.480 e. The average molecular weight is 283 g/mol. The summed E-state index contributed by atoms with van der Waals surface area (Å²) in [6.07, 6.45) is -1.44. The zero-order valence-electron chi connectivity index (χ0n) is 11.4. The molecule has 0 bridgehead atoms. The van der Waals surface area contributed by atoms with E-state index in [1.165, 1.54) is 18.2 Å². The van der Waals surface area contributed by atoms with Gasteiger partial charge in [-0.25, -0.2) is 4.39 Å². The first-order chi connectivity index (χ1) is 9.31. The number of carboxylic acids is 1. The summed E-state index contributed by atoms with van der Waals surface area (Å²) in [7, 11) is 0. The number of benzene rings is 1. The van der Waals surface area contributed by atoms with Gasteiger partial charge in [0.2, 0.25) is 5.91 Å². The Kier molecular flexibility index (Phi) is 5.64. The summed E-state index contributed by atoms with van der Waals surface area (Å²) in [6.45, 7) is 2.96. The number of carboxylic acid groups (broad SMARTS) is 1. The molecule has 0 radical (unpaired) electrons. The third-order valence-corrected chi connectivity index (χ3v) is 2.85. The summed E-state index contributed by atoms with van der Waals surface area (Å²) in [5, 5.41) is 18.7. The fraction of sp³-hybridized carbons (Fsp3) is 0.429. The second-order valence-electron chi connectivity index (χ2n) is 4.78. The molecule has 0 spiro atoms. The van der Waals surface area contributed by atoms with Crippen molar-refractivity contribution in [1.29, 1.82) is 0 Å². The fourth-order valence-corrected chi connectivity index (χ4v) is 1.82. The molecule has 1 aromatic carbocycles. The van der Waals surface area contributed by atoms with E-state index in [-0.39, 0.29) is 18.0 Å². The Bertz CT molecular complexity index is 490. The van der Waals surface area contributed by atoms with Crippen molar-refractivity contribution in [2.75, 3.05) is 6.54 Å². The van der Waals surface area contributed by atoms with Gasteiger partial charge >= 0.3 is 5.97 Å². The van der Waals surface area contributed by atoms with Crippen molar-refractivity contribution in [2.45, 2.75) is 32.4 Å². The molecule has 1 unspecified atom stereocenters. The molecule has 5 nitrogen and oxygen atoms in total. The molecule has 0 aliphatic rings. The minimum absolute atomic E-state index is 0.283. The number of aliphatic carboxylic acids is 1. The summed E-state index contributed by atoms with van der Waals surface area (Å²) < 4.78 is 13.0. The van der Waals surface area contributed by atoms with Gasteiger partial charge in [0.15, 0.2) is 0 Å². The van der Waals surface area contributed by atoms with E-state index in [0.717, 1.165) is 11.0 Å². The van der Waals surface area contributed by atoms with Crippen molar-refractivity contribution in [2.24, 2.45) is 0 Å². The van der Waals surface area contributed by atoms with E-state index < -0.39 is 30.3 Å². The van der Waals surface area contributed by atoms with Gasteiger partial charge in [-0.3, -0.25) is 9.59 Å². The van der Waals surface area contributed by atoms with E-state index in [2.05, 4.69) is 0 Å².